The monoisotopic (exact) mass is 417 g/mol. The molecular formula is C26H43NO3. The zero-order valence-corrected chi connectivity index (χ0v) is 19.4. The highest BCUT2D eigenvalue weighted by atomic mass is 16.3. The lowest BCUT2D eigenvalue weighted by Crippen LogP contribution is -2.35. The van der Waals surface area contributed by atoms with Crippen molar-refractivity contribution in [1.82, 2.24) is 4.90 Å². The summed E-state index contributed by atoms with van der Waals surface area (Å²) in [7, 11) is 3.63. The lowest BCUT2D eigenvalue weighted by atomic mass is 9.76. The first kappa shape index (κ1) is 23.5. The number of hydrogen-bond acceptors (Lipinski definition) is 3. The topological polar surface area (TPSA) is 60.8 Å². The highest BCUT2D eigenvalue weighted by Crippen LogP contribution is 2.48. The molecule has 0 heterocycles. The Bertz CT molecular complexity index is 630. The van der Waals surface area contributed by atoms with Gasteiger partial charge in [-0.05, 0) is 76.0 Å². The van der Waals surface area contributed by atoms with Crippen molar-refractivity contribution in [3.8, 4) is 0 Å². The van der Waals surface area contributed by atoms with Crippen LogP contribution in [0.2, 0.25) is 0 Å². The van der Waals surface area contributed by atoms with Crippen LogP contribution in [0.15, 0.2) is 23.8 Å². The van der Waals surface area contributed by atoms with Crippen LogP contribution in [-0.2, 0) is 4.79 Å². The summed E-state index contributed by atoms with van der Waals surface area (Å²) in [6, 6.07) is 0. The Balaban J connectivity index is 1.45. The van der Waals surface area contributed by atoms with Gasteiger partial charge < -0.3 is 15.1 Å². The molecule has 0 radical (unpaired) electrons. The van der Waals surface area contributed by atoms with Gasteiger partial charge in [-0.2, -0.15) is 0 Å². The Morgan fingerprint density at radius 3 is 2.67 bits per heavy atom. The number of aliphatic hydroxyl groups excluding tert-OH is 1. The minimum Gasteiger partial charge on any atom is -0.392 e. The molecule has 0 aromatic heterocycles. The maximum Gasteiger partial charge on any atom is 0.222 e. The van der Waals surface area contributed by atoms with Gasteiger partial charge in [0.25, 0.3) is 0 Å². The van der Waals surface area contributed by atoms with Crippen LogP contribution in [0.1, 0.15) is 84.0 Å². The van der Waals surface area contributed by atoms with Gasteiger partial charge >= 0.3 is 0 Å². The van der Waals surface area contributed by atoms with Crippen LogP contribution in [0.4, 0.5) is 0 Å². The summed E-state index contributed by atoms with van der Waals surface area (Å²) in [6.45, 7) is 2.00. The van der Waals surface area contributed by atoms with Gasteiger partial charge in [0.15, 0.2) is 0 Å². The second-order valence-electron chi connectivity index (χ2n) is 10.6. The minimum absolute atomic E-state index is 0.209. The Hall–Kier alpha value is -1.13. The second kappa shape index (κ2) is 10.5. The predicted octanol–water partition coefficient (Wildman–Crippen LogP) is 4.86. The number of carbonyl (C=O) groups excluding carboxylic acids is 1. The minimum atomic E-state index is -0.622. The van der Waals surface area contributed by atoms with Crippen molar-refractivity contribution < 1.29 is 15.0 Å². The van der Waals surface area contributed by atoms with Crippen LogP contribution in [0.25, 0.3) is 0 Å². The van der Waals surface area contributed by atoms with Gasteiger partial charge in [-0.25, -0.2) is 0 Å². The zero-order valence-electron chi connectivity index (χ0n) is 19.4. The molecule has 0 aliphatic heterocycles. The number of carbonyl (C=O) groups is 1. The maximum atomic E-state index is 11.7. The number of aliphatic hydroxyl groups is 2. The fourth-order valence-electron chi connectivity index (χ4n) is 6.00. The molecule has 0 saturated heterocycles. The number of rotatable bonds is 9. The molecule has 5 atom stereocenters. The van der Waals surface area contributed by atoms with Gasteiger partial charge in [0, 0.05) is 26.4 Å². The third-order valence-electron chi connectivity index (χ3n) is 7.96. The lowest BCUT2D eigenvalue weighted by molar-refractivity contribution is -0.128. The summed E-state index contributed by atoms with van der Waals surface area (Å²) in [6.07, 6.45) is 19.0. The van der Waals surface area contributed by atoms with E-state index in [0.29, 0.717) is 30.6 Å². The molecule has 2 N–H and O–H groups in total. The van der Waals surface area contributed by atoms with E-state index in [1.54, 1.807) is 4.90 Å². The third-order valence-corrected chi connectivity index (χ3v) is 7.96. The molecule has 30 heavy (non-hydrogen) atoms. The molecule has 2 fully saturated rings. The second-order valence-corrected chi connectivity index (χ2v) is 10.6. The van der Waals surface area contributed by atoms with Gasteiger partial charge in [-0.15, -0.1) is 0 Å². The molecule has 1 amide bonds. The number of allylic oxidation sites excluding steroid dienone is 2. The van der Waals surface area contributed by atoms with Crippen LogP contribution >= 0.6 is 0 Å². The van der Waals surface area contributed by atoms with Crippen LogP contribution in [0.5, 0.6) is 0 Å². The molecule has 3 aliphatic rings. The van der Waals surface area contributed by atoms with E-state index >= 15 is 0 Å². The fourth-order valence-corrected chi connectivity index (χ4v) is 6.00. The standard InChI is InChI=1S/C26H43NO3/c1-26(30,21-11-5-4-6-12-21)15-9-13-22-23-17-19(16-20(23)18-24(22)28)10-7-8-14-25(29)27(2)3/h9,13,16,20-24,28,30H,4-8,10-12,14-15,17-18H2,1-3H3/t20-,22+,23-,24+,26-/m0/s1. The molecule has 0 bridgehead atoms. The highest BCUT2D eigenvalue weighted by molar-refractivity contribution is 5.75. The zero-order chi connectivity index (χ0) is 21.7. The third kappa shape index (κ3) is 5.97. The number of nitrogens with zero attached hydrogens (tertiary/aromatic N) is 1. The summed E-state index contributed by atoms with van der Waals surface area (Å²) in [5.41, 5.74) is 0.893. The summed E-state index contributed by atoms with van der Waals surface area (Å²) in [5.74, 6) is 1.84. The molecule has 3 aliphatic carbocycles. The van der Waals surface area contributed by atoms with E-state index in [-0.39, 0.29) is 17.9 Å². The molecule has 0 aromatic carbocycles. The van der Waals surface area contributed by atoms with Crippen LogP contribution < -0.4 is 0 Å². The fraction of sp³-hybridized carbons (Fsp3) is 0.808. The quantitative estimate of drug-likeness (QED) is 0.416. The molecule has 2 saturated carbocycles. The van der Waals surface area contributed by atoms with E-state index in [2.05, 4.69) is 18.2 Å². The predicted molar refractivity (Wildman–Crippen MR) is 122 cm³/mol. The number of amides is 1. The number of unbranched alkanes of at least 4 members (excludes halogenated alkanes) is 1. The van der Waals surface area contributed by atoms with Crippen LogP contribution in [0, 0.1) is 23.7 Å². The van der Waals surface area contributed by atoms with Crippen molar-refractivity contribution in [3.63, 3.8) is 0 Å². The van der Waals surface area contributed by atoms with Gasteiger partial charge in [0.05, 0.1) is 11.7 Å². The first-order chi connectivity index (χ1) is 14.3. The summed E-state index contributed by atoms with van der Waals surface area (Å²) in [4.78, 5) is 13.4. The van der Waals surface area contributed by atoms with Crippen molar-refractivity contribution in [3.05, 3.63) is 23.8 Å². The SMILES string of the molecule is CN(C)C(=O)CCCCC1=C[C@H]2C[C@@H](O)[C@H](C=CC[C@](C)(O)C3CCCCC3)[C@H]2C1. The average Bonchev–Trinajstić information content (AvgIpc) is 3.23. The molecular weight excluding hydrogens is 374 g/mol. The Labute approximate surface area is 183 Å². The van der Waals surface area contributed by atoms with Crippen molar-refractivity contribution in [1.29, 1.82) is 0 Å². The van der Waals surface area contributed by atoms with Crippen LogP contribution in [0.3, 0.4) is 0 Å². The van der Waals surface area contributed by atoms with E-state index in [9.17, 15) is 15.0 Å². The van der Waals surface area contributed by atoms with Crippen molar-refractivity contribution in [2.75, 3.05) is 14.1 Å². The molecule has 0 spiro atoms. The molecule has 4 heteroatoms. The Kier molecular flexibility index (Phi) is 8.20. The lowest BCUT2D eigenvalue weighted by Gasteiger charge is -2.35. The van der Waals surface area contributed by atoms with Crippen molar-refractivity contribution >= 4 is 5.91 Å². The van der Waals surface area contributed by atoms with Crippen LogP contribution in [-0.4, -0.2) is 46.8 Å². The summed E-state index contributed by atoms with van der Waals surface area (Å²) >= 11 is 0. The normalized spacial score (nSPS) is 31.6. The number of fused-ring (bicyclic) bond motifs is 1. The smallest absolute Gasteiger partial charge is 0.222 e. The first-order valence-corrected chi connectivity index (χ1v) is 12.2. The van der Waals surface area contributed by atoms with E-state index in [4.69, 9.17) is 0 Å². The summed E-state index contributed by atoms with van der Waals surface area (Å²) < 4.78 is 0. The highest BCUT2D eigenvalue weighted by Gasteiger charge is 2.43. The van der Waals surface area contributed by atoms with Gasteiger partial charge in [-0.1, -0.05) is 43.1 Å². The largest absolute Gasteiger partial charge is 0.392 e. The van der Waals surface area contributed by atoms with E-state index in [1.807, 2.05) is 21.0 Å². The van der Waals surface area contributed by atoms with Gasteiger partial charge in [0.1, 0.15) is 0 Å². The van der Waals surface area contributed by atoms with E-state index in [0.717, 1.165) is 44.9 Å². The first-order valence-electron chi connectivity index (χ1n) is 12.2. The number of hydrogen-bond donors (Lipinski definition) is 2. The molecule has 0 unspecified atom stereocenters. The Morgan fingerprint density at radius 1 is 1.23 bits per heavy atom. The van der Waals surface area contributed by atoms with E-state index < -0.39 is 5.60 Å². The van der Waals surface area contributed by atoms with Crippen molar-refractivity contribution in [2.45, 2.75) is 95.7 Å². The van der Waals surface area contributed by atoms with E-state index in [1.165, 1.54) is 24.8 Å². The van der Waals surface area contributed by atoms with Gasteiger partial charge in [-0.3, -0.25) is 4.79 Å². The molecule has 4 nitrogen and oxygen atoms in total. The molecule has 0 aromatic rings. The van der Waals surface area contributed by atoms with Gasteiger partial charge in [0.2, 0.25) is 5.91 Å². The van der Waals surface area contributed by atoms with Crippen molar-refractivity contribution in [2.24, 2.45) is 23.7 Å². The Morgan fingerprint density at radius 2 is 1.97 bits per heavy atom. The average molecular weight is 418 g/mol. The summed E-state index contributed by atoms with van der Waals surface area (Å²) in [5, 5.41) is 21.6. The molecule has 170 valence electrons. The molecule has 3 rings (SSSR count). The maximum absolute atomic E-state index is 11.7.